The summed E-state index contributed by atoms with van der Waals surface area (Å²) >= 11 is 6.20. The van der Waals surface area contributed by atoms with E-state index in [1.165, 1.54) is 37.7 Å². The van der Waals surface area contributed by atoms with E-state index in [4.69, 9.17) is 11.6 Å². The van der Waals surface area contributed by atoms with Crippen LogP contribution in [-0.2, 0) is 6.54 Å². The van der Waals surface area contributed by atoms with Crippen molar-refractivity contribution in [3.63, 3.8) is 0 Å². The lowest BCUT2D eigenvalue weighted by atomic mass is 9.82. The number of halogens is 1. The maximum atomic E-state index is 6.20. The summed E-state index contributed by atoms with van der Waals surface area (Å²) in [5.74, 6) is 0. The van der Waals surface area contributed by atoms with Crippen molar-refractivity contribution in [2.45, 2.75) is 63.7 Å². The van der Waals surface area contributed by atoms with Crippen LogP contribution in [0.25, 0.3) is 0 Å². The predicted octanol–water partition coefficient (Wildman–Crippen LogP) is 3.75. The minimum Gasteiger partial charge on any atom is -0.310 e. The van der Waals surface area contributed by atoms with Crippen LogP contribution in [0.15, 0.2) is 18.2 Å². The van der Waals surface area contributed by atoms with E-state index in [0.717, 1.165) is 29.2 Å². The lowest BCUT2D eigenvalue weighted by Crippen LogP contribution is -2.54. The SMILES string of the molecule is Cc1ccc(CNC2CC3CCCC(C2)N3C)cc1Cl. The molecule has 0 spiro atoms. The van der Waals surface area contributed by atoms with Gasteiger partial charge >= 0.3 is 0 Å². The van der Waals surface area contributed by atoms with E-state index in [0.29, 0.717) is 6.04 Å². The number of hydrogen-bond acceptors (Lipinski definition) is 2. The third-order valence-electron chi connectivity index (χ3n) is 5.17. The first-order valence-electron chi connectivity index (χ1n) is 7.84. The molecular weight excluding hydrogens is 268 g/mol. The third-order valence-corrected chi connectivity index (χ3v) is 5.58. The minimum absolute atomic E-state index is 0.668. The van der Waals surface area contributed by atoms with Gasteiger partial charge in [-0.3, -0.25) is 0 Å². The molecule has 2 saturated heterocycles. The zero-order valence-electron chi connectivity index (χ0n) is 12.5. The average molecular weight is 293 g/mol. The van der Waals surface area contributed by atoms with Gasteiger partial charge in [-0.1, -0.05) is 30.2 Å². The molecule has 2 fully saturated rings. The Kier molecular flexibility index (Phi) is 4.34. The molecule has 1 aromatic carbocycles. The third kappa shape index (κ3) is 3.03. The lowest BCUT2D eigenvalue weighted by Gasteiger charge is -2.47. The van der Waals surface area contributed by atoms with Gasteiger partial charge in [-0.25, -0.2) is 0 Å². The molecule has 3 rings (SSSR count). The molecule has 2 bridgehead atoms. The fraction of sp³-hybridized carbons (Fsp3) is 0.647. The van der Waals surface area contributed by atoms with Gasteiger partial charge in [0.25, 0.3) is 0 Å². The summed E-state index contributed by atoms with van der Waals surface area (Å²) < 4.78 is 0. The predicted molar refractivity (Wildman–Crippen MR) is 85.2 cm³/mol. The van der Waals surface area contributed by atoms with Gasteiger partial charge in [0.1, 0.15) is 0 Å². The number of hydrogen-bond donors (Lipinski definition) is 1. The molecule has 0 radical (unpaired) electrons. The van der Waals surface area contributed by atoms with Crippen molar-refractivity contribution < 1.29 is 0 Å². The summed E-state index contributed by atoms with van der Waals surface area (Å²) in [6.07, 6.45) is 6.77. The highest BCUT2D eigenvalue weighted by Crippen LogP contribution is 2.32. The molecule has 1 N–H and O–H groups in total. The summed E-state index contributed by atoms with van der Waals surface area (Å²) in [6.45, 7) is 2.99. The zero-order valence-corrected chi connectivity index (χ0v) is 13.3. The van der Waals surface area contributed by atoms with E-state index in [-0.39, 0.29) is 0 Å². The van der Waals surface area contributed by atoms with Gasteiger partial charge in [-0.2, -0.15) is 0 Å². The van der Waals surface area contributed by atoms with Gasteiger partial charge in [0.15, 0.2) is 0 Å². The molecule has 0 aromatic heterocycles. The fourth-order valence-corrected chi connectivity index (χ4v) is 3.99. The normalized spacial score (nSPS) is 30.4. The zero-order chi connectivity index (χ0) is 14.1. The van der Waals surface area contributed by atoms with E-state index >= 15 is 0 Å². The molecule has 2 aliphatic heterocycles. The van der Waals surface area contributed by atoms with Crippen LogP contribution in [0.4, 0.5) is 0 Å². The molecule has 0 aliphatic carbocycles. The van der Waals surface area contributed by atoms with E-state index in [1.54, 1.807) is 0 Å². The van der Waals surface area contributed by atoms with Crippen LogP contribution in [-0.4, -0.2) is 30.1 Å². The number of aryl methyl sites for hydroxylation is 1. The first kappa shape index (κ1) is 14.4. The topological polar surface area (TPSA) is 15.3 Å². The Morgan fingerprint density at radius 2 is 1.95 bits per heavy atom. The second kappa shape index (κ2) is 6.05. The summed E-state index contributed by atoms with van der Waals surface area (Å²) in [6, 6.07) is 8.65. The summed E-state index contributed by atoms with van der Waals surface area (Å²) in [5, 5.41) is 4.63. The standard InChI is InChI=1S/C17H25ClN2/c1-12-6-7-13(8-17(12)18)11-19-14-9-15-4-3-5-16(10-14)20(15)2/h6-8,14-16,19H,3-5,9-11H2,1-2H3. The van der Waals surface area contributed by atoms with Gasteiger partial charge in [-0.15, -0.1) is 0 Å². The Balaban J connectivity index is 1.57. The van der Waals surface area contributed by atoms with Crippen molar-refractivity contribution in [1.29, 1.82) is 0 Å². The molecular formula is C17H25ClN2. The number of fused-ring (bicyclic) bond motifs is 2. The molecule has 0 amide bonds. The number of nitrogens with zero attached hydrogens (tertiary/aromatic N) is 1. The maximum absolute atomic E-state index is 6.20. The maximum Gasteiger partial charge on any atom is 0.0438 e. The molecule has 110 valence electrons. The molecule has 2 atom stereocenters. The molecule has 2 heterocycles. The van der Waals surface area contributed by atoms with Crippen molar-refractivity contribution >= 4 is 11.6 Å². The molecule has 2 nitrogen and oxygen atoms in total. The van der Waals surface area contributed by atoms with Crippen LogP contribution in [0.2, 0.25) is 5.02 Å². The van der Waals surface area contributed by atoms with Gasteiger partial charge in [-0.05, 0) is 56.8 Å². The Labute approximate surface area is 127 Å². The van der Waals surface area contributed by atoms with Crippen molar-refractivity contribution in [3.8, 4) is 0 Å². The van der Waals surface area contributed by atoms with Gasteiger partial charge in [0.2, 0.25) is 0 Å². The first-order valence-corrected chi connectivity index (χ1v) is 8.21. The van der Waals surface area contributed by atoms with Gasteiger partial charge in [0, 0.05) is 29.7 Å². The van der Waals surface area contributed by atoms with Crippen LogP contribution in [0.3, 0.4) is 0 Å². The van der Waals surface area contributed by atoms with Crippen molar-refractivity contribution in [1.82, 2.24) is 10.2 Å². The second-order valence-corrected chi connectivity index (χ2v) is 6.94. The summed E-state index contributed by atoms with van der Waals surface area (Å²) in [4.78, 5) is 2.62. The highest BCUT2D eigenvalue weighted by molar-refractivity contribution is 6.31. The Morgan fingerprint density at radius 3 is 2.60 bits per heavy atom. The quantitative estimate of drug-likeness (QED) is 0.913. The molecule has 2 unspecified atom stereocenters. The summed E-state index contributed by atoms with van der Waals surface area (Å²) in [5.41, 5.74) is 2.45. The van der Waals surface area contributed by atoms with Crippen LogP contribution in [0.5, 0.6) is 0 Å². The highest BCUT2D eigenvalue weighted by atomic mass is 35.5. The molecule has 20 heavy (non-hydrogen) atoms. The number of piperidine rings is 2. The van der Waals surface area contributed by atoms with E-state index in [2.05, 4.69) is 42.4 Å². The Hall–Kier alpha value is -0.570. The Bertz CT molecular complexity index is 460. The second-order valence-electron chi connectivity index (χ2n) is 6.54. The molecule has 0 saturated carbocycles. The van der Waals surface area contributed by atoms with Crippen LogP contribution < -0.4 is 5.32 Å². The van der Waals surface area contributed by atoms with Crippen molar-refractivity contribution in [2.24, 2.45) is 0 Å². The van der Waals surface area contributed by atoms with E-state index < -0.39 is 0 Å². The first-order chi connectivity index (χ1) is 9.63. The fourth-order valence-electron chi connectivity index (χ4n) is 3.79. The van der Waals surface area contributed by atoms with Crippen LogP contribution in [0.1, 0.15) is 43.2 Å². The van der Waals surface area contributed by atoms with E-state index in [9.17, 15) is 0 Å². The smallest absolute Gasteiger partial charge is 0.0438 e. The lowest BCUT2D eigenvalue weighted by molar-refractivity contribution is 0.0482. The largest absolute Gasteiger partial charge is 0.310 e. The van der Waals surface area contributed by atoms with Gasteiger partial charge < -0.3 is 10.2 Å². The van der Waals surface area contributed by atoms with Crippen LogP contribution in [0, 0.1) is 6.92 Å². The average Bonchev–Trinajstić information content (AvgIpc) is 2.41. The van der Waals surface area contributed by atoms with Crippen molar-refractivity contribution in [3.05, 3.63) is 34.3 Å². The minimum atomic E-state index is 0.668. The molecule has 1 aromatic rings. The number of nitrogens with one attached hydrogen (secondary N) is 1. The van der Waals surface area contributed by atoms with Crippen molar-refractivity contribution in [2.75, 3.05) is 7.05 Å². The Morgan fingerprint density at radius 1 is 1.25 bits per heavy atom. The van der Waals surface area contributed by atoms with E-state index in [1.807, 2.05) is 0 Å². The monoisotopic (exact) mass is 292 g/mol. The number of benzene rings is 1. The van der Waals surface area contributed by atoms with Crippen LogP contribution >= 0.6 is 11.6 Å². The highest BCUT2D eigenvalue weighted by Gasteiger charge is 2.35. The summed E-state index contributed by atoms with van der Waals surface area (Å²) in [7, 11) is 2.31. The number of rotatable bonds is 3. The molecule has 3 heteroatoms. The molecule has 2 aliphatic rings. The van der Waals surface area contributed by atoms with Gasteiger partial charge in [0.05, 0.1) is 0 Å².